The van der Waals surface area contributed by atoms with E-state index in [0.29, 0.717) is 16.3 Å². The molecule has 0 unspecified atom stereocenters. The van der Waals surface area contributed by atoms with Crippen molar-refractivity contribution in [3.63, 3.8) is 0 Å². The highest BCUT2D eigenvalue weighted by Crippen LogP contribution is 2.28. The van der Waals surface area contributed by atoms with Gasteiger partial charge in [-0.05, 0) is 49.6 Å². The lowest BCUT2D eigenvalue weighted by Gasteiger charge is -2.03. The first-order valence-electron chi connectivity index (χ1n) is 8.44. The Kier molecular flexibility index (Phi) is 5.27. The van der Waals surface area contributed by atoms with Crippen LogP contribution in [0.15, 0.2) is 36.4 Å². The van der Waals surface area contributed by atoms with Gasteiger partial charge in [0.1, 0.15) is 0 Å². The molecule has 7 heteroatoms. The summed E-state index contributed by atoms with van der Waals surface area (Å²) in [5, 5.41) is 14.2. The third-order valence-corrected chi connectivity index (χ3v) is 5.08. The summed E-state index contributed by atoms with van der Waals surface area (Å²) in [5.74, 6) is -0.326. The van der Waals surface area contributed by atoms with E-state index < -0.39 is 4.92 Å². The molecule has 0 aliphatic rings. The Hall–Kier alpha value is -2.80. The monoisotopic (exact) mass is 369 g/mol. The van der Waals surface area contributed by atoms with Gasteiger partial charge in [0.2, 0.25) is 0 Å². The Morgan fingerprint density at radius 3 is 2.77 bits per heavy atom. The summed E-state index contributed by atoms with van der Waals surface area (Å²) in [6, 6.07) is 10.5. The number of hydrogen-bond donors (Lipinski definition) is 1. The van der Waals surface area contributed by atoms with Crippen LogP contribution in [0.5, 0.6) is 0 Å². The molecule has 6 nitrogen and oxygen atoms in total. The Morgan fingerprint density at radius 2 is 2.08 bits per heavy atom. The zero-order valence-electron chi connectivity index (χ0n) is 14.6. The van der Waals surface area contributed by atoms with Crippen molar-refractivity contribution >= 4 is 38.3 Å². The van der Waals surface area contributed by atoms with Crippen LogP contribution in [-0.2, 0) is 6.42 Å². The van der Waals surface area contributed by atoms with Crippen molar-refractivity contribution in [3.05, 3.63) is 63.2 Å². The molecule has 1 N–H and O–H groups in total. The molecule has 3 aromatic rings. The predicted molar refractivity (Wildman–Crippen MR) is 104 cm³/mol. The van der Waals surface area contributed by atoms with E-state index in [1.807, 2.05) is 6.07 Å². The number of carbonyl (C=O) groups is 1. The minimum absolute atomic E-state index is 0.00106. The highest BCUT2D eigenvalue weighted by Gasteiger charge is 2.15. The number of amides is 1. The van der Waals surface area contributed by atoms with Crippen LogP contribution >= 0.6 is 11.3 Å². The lowest BCUT2D eigenvalue weighted by atomic mass is 10.1. The van der Waals surface area contributed by atoms with E-state index in [9.17, 15) is 14.9 Å². The summed E-state index contributed by atoms with van der Waals surface area (Å²) in [6.45, 7) is 3.78. The minimum Gasteiger partial charge on any atom is -0.298 e. The molecule has 2 aromatic carbocycles. The fourth-order valence-corrected chi connectivity index (χ4v) is 3.65. The Morgan fingerprint density at radius 1 is 1.27 bits per heavy atom. The van der Waals surface area contributed by atoms with Crippen LogP contribution in [0.1, 0.15) is 41.3 Å². The van der Waals surface area contributed by atoms with E-state index >= 15 is 0 Å². The number of benzene rings is 2. The number of nitrogens with zero attached hydrogens (tertiary/aromatic N) is 2. The molecule has 0 atom stereocenters. The van der Waals surface area contributed by atoms with Gasteiger partial charge in [-0.15, -0.1) is 0 Å². The van der Waals surface area contributed by atoms with E-state index in [-0.39, 0.29) is 11.6 Å². The Bertz CT molecular complexity index is 981. The second-order valence-corrected chi connectivity index (χ2v) is 7.17. The number of carbonyl (C=O) groups excluding carboxylic acids is 1. The standard InChI is InChI=1S/C19H19N3O3S/c1-3-4-5-13-6-8-15-17(11-13)26-19(20-15)21-18(23)14-7-9-16(22(24)25)12(2)10-14/h6-11H,3-5H2,1-2H3,(H,20,21,23). The van der Waals surface area contributed by atoms with Gasteiger partial charge in [-0.25, -0.2) is 4.98 Å². The fourth-order valence-electron chi connectivity index (χ4n) is 2.73. The third kappa shape index (κ3) is 3.88. The van der Waals surface area contributed by atoms with Gasteiger partial charge >= 0.3 is 0 Å². The Labute approximate surface area is 155 Å². The first-order chi connectivity index (χ1) is 12.5. The summed E-state index contributed by atoms with van der Waals surface area (Å²) in [4.78, 5) is 27.3. The molecular formula is C19H19N3O3S. The number of thiazole rings is 1. The normalized spacial score (nSPS) is 10.8. The van der Waals surface area contributed by atoms with Crippen LogP contribution in [0.25, 0.3) is 10.2 Å². The van der Waals surface area contributed by atoms with Crippen molar-refractivity contribution in [2.75, 3.05) is 5.32 Å². The molecule has 0 bridgehead atoms. The topological polar surface area (TPSA) is 85.1 Å². The molecule has 0 saturated heterocycles. The van der Waals surface area contributed by atoms with Crippen molar-refractivity contribution in [3.8, 4) is 0 Å². The summed E-state index contributed by atoms with van der Waals surface area (Å²) in [6.07, 6.45) is 3.33. The molecule has 1 heterocycles. The van der Waals surface area contributed by atoms with E-state index in [1.54, 1.807) is 6.92 Å². The molecule has 0 aliphatic carbocycles. The Balaban J connectivity index is 1.78. The summed E-state index contributed by atoms with van der Waals surface area (Å²) >= 11 is 1.43. The number of rotatable bonds is 6. The predicted octanol–water partition coefficient (Wildman–Crippen LogP) is 5.11. The molecule has 0 radical (unpaired) electrons. The van der Waals surface area contributed by atoms with Crippen LogP contribution in [0.2, 0.25) is 0 Å². The lowest BCUT2D eigenvalue weighted by molar-refractivity contribution is -0.385. The quantitative estimate of drug-likeness (QED) is 0.483. The van der Waals surface area contributed by atoms with Gasteiger partial charge < -0.3 is 0 Å². The molecule has 3 rings (SSSR count). The van der Waals surface area contributed by atoms with Crippen molar-refractivity contribution < 1.29 is 9.72 Å². The molecule has 1 aromatic heterocycles. The number of unbranched alkanes of at least 4 members (excludes halogenated alkanes) is 1. The zero-order valence-corrected chi connectivity index (χ0v) is 15.4. The lowest BCUT2D eigenvalue weighted by Crippen LogP contribution is -2.12. The SMILES string of the molecule is CCCCc1ccc2nc(NC(=O)c3ccc([N+](=O)[O-])c(C)c3)sc2c1. The number of hydrogen-bond acceptors (Lipinski definition) is 5. The highest BCUT2D eigenvalue weighted by atomic mass is 32.1. The number of nitrogens with one attached hydrogen (secondary N) is 1. The number of fused-ring (bicyclic) bond motifs is 1. The molecular weight excluding hydrogens is 350 g/mol. The van der Waals surface area contributed by atoms with E-state index in [2.05, 4.69) is 29.4 Å². The fraction of sp³-hybridized carbons (Fsp3) is 0.263. The average molecular weight is 369 g/mol. The third-order valence-electron chi connectivity index (χ3n) is 4.15. The van der Waals surface area contributed by atoms with E-state index in [1.165, 1.54) is 35.1 Å². The minimum atomic E-state index is -0.458. The van der Waals surface area contributed by atoms with Crippen LogP contribution < -0.4 is 5.32 Å². The molecule has 0 fully saturated rings. The average Bonchev–Trinajstić information content (AvgIpc) is 3.00. The second kappa shape index (κ2) is 7.61. The van der Waals surface area contributed by atoms with Gasteiger partial charge in [0, 0.05) is 17.2 Å². The van der Waals surface area contributed by atoms with Crippen molar-refractivity contribution in [1.82, 2.24) is 4.98 Å². The van der Waals surface area contributed by atoms with E-state index in [0.717, 1.165) is 29.5 Å². The summed E-state index contributed by atoms with van der Waals surface area (Å²) in [5.41, 5.74) is 2.95. The molecule has 26 heavy (non-hydrogen) atoms. The summed E-state index contributed by atoms with van der Waals surface area (Å²) in [7, 11) is 0. The van der Waals surface area contributed by atoms with Crippen molar-refractivity contribution in [1.29, 1.82) is 0 Å². The van der Waals surface area contributed by atoms with Crippen LogP contribution in [0.4, 0.5) is 10.8 Å². The molecule has 0 aliphatic heterocycles. The van der Waals surface area contributed by atoms with Crippen molar-refractivity contribution in [2.45, 2.75) is 33.1 Å². The van der Waals surface area contributed by atoms with Gasteiger partial charge in [0.05, 0.1) is 15.1 Å². The van der Waals surface area contributed by atoms with Crippen LogP contribution in [0, 0.1) is 17.0 Å². The van der Waals surface area contributed by atoms with Gasteiger partial charge in [0.25, 0.3) is 11.6 Å². The molecule has 1 amide bonds. The second-order valence-electron chi connectivity index (χ2n) is 6.14. The van der Waals surface area contributed by atoms with Crippen molar-refractivity contribution in [2.24, 2.45) is 0 Å². The first-order valence-corrected chi connectivity index (χ1v) is 9.25. The first kappa shape index (κ1) is 18.0. The number of nitro benzene ring substituents is 1. The molecule has 134 valence electrons. The number of anilines is 1. The molecule has 0 saturated carbocycles. The maximum atomic E-state index is 12.4. The highest BCUT2D eigenvalue weighted by molar-refractivity contribution is 7.22. The largest absolute Gasteiger partial charge is 0.298 e. The van der Waals surface area contributed by atoms with Crippen LogP contribution in [0.3, 0.4) is 0 Å². The van der Waals surface area contributed by atoms with Gasteiger partial charge in [-0.1, -0.05) is 30.7 Å². The number of aromatic nitrogens is 1. The zero-order chi connectivity index (χ0) is 18.7. The van der Waals surface area contributed by atoms with Gasteiger partial charge in [-0.2, -0.15) is 0 Å². The molecule has 0 spiro atoms. The van der Waals surface area contributed by atoms with Gasteiger partial charge in [0.15, 0.2) is 5.13 Å². The number of nitro groups is 1. The van der Waals surface area contributed by atoms with E-state index in [4.69, 9.17) is 0 Å². The smallest absolute Gasteiger partial charge is 0.272 e. The maximum absolute atomic E-state index is 12.4. The van der Waals surface area contributed by atoms with Gasteiger partial charge in [-0.3, -0.25) is 20.2 Å². The van der Waals surface area contributed by atoms with Crippen LogP contribution in [-0.4, -0.2) is 15.8 Å². The maximum Gasteiger partial charge on any atom is 0.272 e. The summed E-state index contributed by atoms with van der Waals surface area (Å²) < 4.78 is 1.04. The number of aryl methyl sites for hydroxylation is 2.